The zero-order valence-corrected chi connectivity index (χ0v) is 10.7. The van der Waals surface area contributed by atoms with Crippen LogP contribution in [0.4, 0.5) is 0 Å². The Kier molecular flexibility index (Phi) is 6.05. The van der Waals surface area contributed by atoms with Crippen molar-refractivity contribution in [3.05, 3.63) is 0 Å². The summed E-state index contributed by atoms with van der Waals surface area (Å²) in [4.78, 5) is 0. The number of ether oxygens (including phenoxy) is 1. The Morgan fingerprint density at radius 1 is 1.60 bits per heavy atom. The van der Waals surface area contributed by atoms with Crippen LogP contribution in [0.25, 0.3) is 0 Å². The summed E-state index contributed by atoms with van der Waals surface area (Å²) in [6.45, 7) is 2.87. The molecule has 0 aromatic rings. The minimum atomic E-state index is -3.21. The summed E-state index contributed by atoms with van der Waals surface area (Å²) >= 11 is 0. The zero-order chi connectivity index (χ0) is 10.8. The zero-order valence-electron chi connectivity index (χ0n) is 9.05. The van der Waals surface area contributed by atoms with Crippen LogP contribution >= 0.6 is 12.4 Å². The highest BCUT2D eigenvalue weighted by Gasteiger charge is 2.33. The van der Waals surface area contributed by atoms with Crippen LogP contribution in [-0.2, 0) is 14.8 Å². The minimum Gasteiger partial charge on any atom is -0.383 e. The summed E-state index contributed by atoms with van der Waals surface area (Å²) in [5.74, 6) is 0. The van der Waals surface area contributed by atoms with Crippen molar-refractivity contribution in [1.82, 2.24) is 4.31 Å². The molecule has 1 aliphatic rings. The maximum atomic E-state index is 11.9. The van der Waals surface area contributed by atoms with Crippen molar-refractivity contribution in [3.63, 3.8) is 0 Å². The molecule has 0 aromatic carbocycles. The van der Waals surface area contributed by atoms with Crippen LogP contribution in [-0.4, -0.2) is 50.8 Å². The number of nitrogens with two attached hydrogens (primary N) is 1. The standard InChI is InChI=1S/C8H18N2O3S.ClH/c1-7(6-13-2)14(11,12)10-4-3-8(9)5-10;/h7-8H,3-6,9H2,1-2H3;1H/t7?,8-;/m1./s1. The molecular weight excluding hydrogens is 240 g/mol. The Morgan fingerprint density at radius 2 is 2.20 bits per heavy atom. The third kappa shape index (κ3) is 3.57. The second kappa shape index (κ2) is 6.00. The van der Waals surface area contributed by atoms with E-state index in [1.54, 1.807) is 6.92 Å². The van der Waals surface area contributed by atoms with Crippen molar-refractivity contribution >= 4 is 22.4 Å². The van der Waals surface area contributed by atoms with Crippen molar-refractivity contribution in [2.45, 2.75) is 24.6 Å². The first-order valence-electron chi connectivity index (χ1n) is 4.72. The molecule has 1 saturated heterocycles. The van der Waals surface area contributed by atoms with E-state index in [0.29, 0.717) is 13.1 Å². The van der Waals surface area contributed by atoms with E-state index < -0.39 is 15.3 Å². The fourth-order valence-corrected chi connectivity index (χ4v) is 3.14. The quantitative estimate of drug-likeness (QED) is 0.759. The lowest BCUT2D eigenvalue weighted by molar-refractivity contribution is 0.198. The first kappa shape index (κ1) is 15.1. The monoisotopic (exact) mass is 258 g/mol. The summed E-state index contributed by atoms with van der Waals surface area (Å²) in [5, 5.41) is -0.488. The Bertz CT molecular complexity index is 284. The summed E-state index contributed by atoms with van der Waals surface area (Å²) < 4.78 is 30.0. The SMILES string of the molecule is COCC(C)S(=O)(=O)N1CC[C@@H](N)C1.Cl. The summed E-state index contributed by atoms with van der Waals surface area (Å²) in [5.41, 5.74) is 5.66. The average Bonchev–Trinajstić information content (AvgIpc) is 2.52. The summed E-state index contributed by atoms with van der Waals surface area (Å²) in [6, 6.07) is -0.0143. The van der Waals surface area contributed by atoms with Gasteiger partial charge in [0.05, 0.1) is 11.9 Å². The molecule has 0 aliphatic carbocycles. The van der Waals surface area contributed by atoms with Gasteiger partial charge in [0.2, 0.25) is 10.0 Å². The van der Waals surface area contributed by atoms with E-state index in [-0.39, 0.29) is 25.1 Å². The number of rotatable bonds is 4. The number of hydrogen-bond acceptors (Lipinski definition) is 4. The predicted molar refractivity (Wildman–Crippen MR) is 61.7 cm³/mol. The molecule has 2 N–H and O–H groups in total. The van der Waals surface area contributed by atoms with Gasteiger partial charge in [0.25, 0.3) is 0 Å². The molecule has 0 spiro atoms. The third-order valence-corrected chi connectivity index (χ3v) is 4.66. The lowest BCUT2D eigenvalue weighted by Gasteiger charge is -2.20. The van der Waals surface area contributed by atoms with Gasteiger partial charge in [0.15, 0.2) is 0 Å². The molecule has 15 heavy (non-hydrogen) atoms. The molecule has 5 nitrogen and oxygen atoms in total. The largest absolute Gasteiger partial charge is 0.383 e. The second-order valence-corrected chi connectivity index (χ2v) is 6.07. The van der Waals surface area contributed by atoms with Gasteiger partial charge in [0, 0.05) is 26.2 Å². The van der Waals surface area contributed by atoms with E-state index in [1.165, 1.54) is 11.4 Å². The van der Waals surface area contributed by atoms with Crippen LogP contribution in [0.1, 0.15) is 13.3 Å². The van der Waals surface area contributed by atoms with E-state index in [0.717, 1.165) is 6.42 Å². The fourth-order valence-electron chi connectivity index (χ4n) is 1.56. The number of hydrogen-bond donors (Lipinski definition) is 1. The van der Waals surface area contributed by atoms with Crippen molar-refractivity contribution in [1.29, 1.82) is 0 Å². The van der Waals surface area contributed by atoms with Crippen LogP contribution < -0.4 is 5.73 Å². The van der Waals surface area contributed by atoms with Crippen LogP contribution in [0.2, 0.25) is 0 Å². The first-order valence-corrected chi connectivity index (χ1v) is 6.22. The average molecular weight is 259 g/mol. The number of sulfonamides is 1. The third-order valence-electron chi connectivity index (χ3n) is 2.46. The van der Waals surface area contributed by atoms with E-state index in [9.17, 15) is 8.42 Å². The molecule has 1 aliphatic heterocycles. The summed E-state index contributed by atoms with van der Waals surface area (Å²) in [6.07, 6.45) is 0.749. The number of nitrogens with zero attached hydrogens (tertiary/aromatic N) is 1. The molecule has 0 radical (unpaired) electrons. The fraction of sp³-hybridized carbons (Fsp3) is 1.00. The van der Waals surface area contributed by atoms with Crippen LogP contribution in [0, 0.1) is 0 Å². The lowest BCUT2D eigenvalue weighted by Crippen LogP contribution is -2.39. The van der Waals surface area contributed by atoms with Gasteiger partial charge >= 0.3 is 0 Å². The number of halogens is 1. The molecule has 0 bridgehead atoms. The van der Waals surface area contributed by atoms with E-state index in [1.807, 2.05) is 0 Å². The molecular formula is C8H19ClN2O3S. The van der Waals surface area contributed by atoms with Crippen LogP contribution in [0.3, 0.4) is 0 Å². The van der Waals surface area contributed by atoms with Gasteiger partial charge in [-0.2, -0.15) is 0 Å². The van der Waals surface area contributed by atoms with E-state index >= 15 is 0 Å². The lowest BCUT2D eigenvalue weighted by atomic mass is 10.3. The molecule has 1 heterocycles. The molecule has 1 unspecified atom stereocenters. The highest BCUT2D eigenvalue weighted by Crippen LogP contribution is 2.16. The molecule has 0 saturated carbocycles. The smallest absolute Gasteiger partial charge is 0.219 e. The molecule has 92 valence electrons. The Balaban J connectivity index is 0.00000196. The highest BCUT2D eigenvalue weighted by atomic mass is 35.5. The predicted octanol–water partition coefficient (Wildman–Crippen LogP) is -0.194. The Morgan fingerprint density at radius 3 is 2.60 bits per heavy atom. The van der Waals surface area contributed by atoms with Crippen molar-refractivity contribution < 1.29 is 13.2 Å². The van der Waals surface area contributed by atoms with E-state index in [2.05, 4.69) is 0 Å². The van der Waals surface area contributed by atoms with Crippen molar-refractivity contribution in [2.75, 3.05) is 26.8 Å². The topological polar surface area (TPSA) is 72.6 Å². The molecule has 2 atom stereocenters. The normalized spacial score (nSPS) is 24.9. The minimum absolute atomic E-state index is 0. The highest BCUT2D eigenvalue weighted by molar-refractivity contribution is 7.89. The van der Waals surface area contributed by atoms with Gasteiger partial charge < -0.3 is 10.5 Å². The number of methoxy groups -OCH3 is 1. The molecule has 0 aromatic heterocycles. The molecule has 7 heteroatoms. The summed E-state index contributed by atoms with van der Waals surface area (Å²) in [7, 11) is -1.70. The van der Waals surface area contributed by atoms with Gasteiger partial charge in [-0.05, 0) is 13.3 Å². The van der Waals surface area contributed by atoms with Gasteiger partial charge in [-0.1, -0.05) is 0 Å². The Hall–Kier alpha value is 0.120. The molecule has 1 rings (SSSR count). The first-order chi connectivity index (χ1) is 6.48. The molecule has 1 fully saturated rings. The van der Waals surface area contributed by atoms with Crippen LogP contribution in [0.15, 0.2) is 0 Å². The van der Waals surface area contributed by atoms with Crippen molar-refractivity contribution in [3.8, 4) is 0 Å². The maximum absolute atomic E-state index is 11.9. The van der Waals surface area contributed by atoms with Gasteiger partial charge in [-0.15, -0.1) is 12.4 Å². The van der Waals surface area contributed by atoms with Gasteiger partial charge in [-0.3, -0.25) is 0 Å². The van der Waals surface area contributed by atoms with Crippen molar-refractivity contribution in [2.24, 2.45) is 5.73 Å². The maximum Gasteiger partial charge on any atom is 0.219 e. The van der Waals surface area contributed by atoms with E-state index in [4.69, 9.17) is 10.5 Å². The molecule has 0 amide bonds. The second-order valence-electron chi connectivity index (χ2n) is 3.72. The van der Waals surface area contributed by atoms with Gasteiger partial charge in [0.1, 0.15) is 0 Å². The van der Waals surface area contributed by atoms with Crippen LogP contribution in [0.5, 0.6) is 0 Å². The van der Waals surface area contributed by atoms with Gasteiger partial charge in [-0.25, -0.2) is 12.7 Å². The Labute approximate surface area is 97.4 Å².